The van der Waals surface area contributed by atoms with Crippen LogP contribution in [0, 0.1) is 12.8 Å². The van der Waals surface area contributed by atoms with E-state index in [1.54, 1.807) is 18.2 Å². The number of nitrogens with zero attached hydrogens (tertiary/aromatic N) is 4. The van der Waals surface area contributed by atoms with Crippen molar-refractivity contribution in [2.24, 2.45) is 5.92 Å². The molecule has 1 atom stereocenters. The average molecular weight is 594 g/mol. The molecule has 6 aliphatic rings. The van der Waals surface area contributed by atoms with Gasteiger partial charge in [0.25, 0.3) is 5.92 Å². The summed E-state index contributed by atoms with van der Waals surface area (Å²) in [5.74, 6) is -2.00. The van der Waals surface area contributed by atoms with E-state index in [1.807, 2.05) is 19.9 Å². The molecule has 2 fully saturated rings. The van der Waals surface area contributed by atoms with Crippen molar-refractivity contribution in [3.8, 4) is 5.75 Å². The number of piperidine rings is 1. The van der Waals surface area contributed by atoms with Gasteiger partial charge in [0, 0.05) is 35.3 Å². The number of hydrogen-bond donors (Lipinski definition) is 1. The predicted molar refractivity (Wildman–Crippen MR) is 167 cm³/mol. The molecule has 0 spiro atoms. The maximum atomic E-state index is 15.9. The zero-order chi connectivity index (χ0) is 29.8. The molecule has 0 amide bonds. The van der Waals surface area contributed by atoms with Crippen LogP contribution in [0.15, 0.2) is 36.4 Å². The van der Waals surface area contributed by atoms with Crippen LogP contribution < -0.4 is 15.0 Å². The first-order valence-electron chi connectivity index (χ1n) is 16.1. The topological polar surface area (TPSA) is 62.8 Å². The lowest BCUT2D eigenvalue weighted by atomic mass is 9.85. The molecule has 0 aliphatic carbocycles. The van der Waals surface area contributed by atoms with E-state index in [4.69, 9.17) is 9.47 Å². The third-order valence-electron chi connectivity index (χ3n) is 9.50. The minimum atomic E-state index is -2.86. The van der Waals surface area contributed by atoms with Crippen molar-refractivity contribution in [2.75, 3.05) is 62.8 Å². The number of hydrogen-bond acceptors (Lipinski definition) is 7. The van der Waals surface area contributed by atoms with Crippen LogP contribution in [-0.2, 0) is 10.7 Å². The highest BCUT2D eigenvalue weighted by molar-refractivity contribution is 5.97. The average Bonchev–Trinajstić information content (AvgIpc) is 3.03. The van der Waals surface area contributed by atoms with Gasteiger partial charge in [0.1, 0.15) is 5.75 Å². The molecule has 7 heterocycles. The van der Waals surface area contributed by atoms with Crippen molar-refractivity contribution in [3.05, 3.63) is 53.2 Å². The highest BCUT2D eigenvalue weighted by Gasteiger charge is 2.42. The quantitative estimate of drug-likeness (QED) is 0.323. The van der Waals surface area contributed by atoms with Crippen molar-refractivity contribution in [1.29, 1.82) is 0 Å². The van der Waals surface area contributed by atoms with E-state index in [2.05, 4.69) is 37.4 Å². The third kappa shape index (κ3) is 6.73. The third-order valence-corrected chi connectivity index (χ3v) is 9.50. The first-order valence-corrected chi connectivity index (χ1v) is 16.1. The minimum Gasteiger partial charge on any atom is -0.491 e. The highest BCUT2D eigenvalue weighted by Crippen LogP contribution is 2.43. The number of halogens is 2. The van der Waals surface area contributed by atoms with Crippen molar-refractivity contribution in [3.63, 3.8) is 0 Å². The van der Waals surface area contributed by atoms with Crippen LogP contribution in [0.5, 0.6) is 5.75 Å². The summed E-state index contributed by atoms with van der Waals surface area (Å²) in [7, 11) is 0. The largest absolute Gasteiger partial charge is 0.491 e. The van der Waals surface area contributed by atoms with E-state index in [0.717, 1.165) is 98.3 Å². The summed E-state index contributed by atoms with van der Waals surface area (Å²) in [5, 5.41) is 14.4. The molecule has 0 radical (unpaired) electrons. The Morgan fingerprint density at radius 3 is 2.44 bits per heavy atom. The molecule has 3 aromatic rings. The van der Waals surface area contributed by atoms with Crippen molar-refractivity contribution in [2.45, 2.75) is 70.8 Å². The van der Waals surface area contributed by atoms with E-state index in [-0.39, 0.29) is 11.6 Å². The van der Waals surface area contributed by atoms with Gasteiger partial charge in [0.15, 0.2) is 5.82 Å². The van der Waals surface area contributed by atoms with Gasteiger partial charge in [-0.15, -0.1) is 5.10 Å². The molecule has 0 unspecified atom stereocenters. The standard InChI is InChI=1S/C34H45F2N5O2/c1-24-26-9-8-10-28(21-26)34(35,36)27-11-14-40(15-12-27)13-6-4-3-5-7-18-43-32-23-29-25(2)38-39-33(37-24)30(29)22-31(32)41-16-19-42-20-17-41/h8-10,21-24,27H,3-7,11-20H2,1-2H3,(H,37,39)/t24-/m0/s1. The second-order valence-electron chi connectivity index (χ2n) is 12.4. The summed E-state index contributed by atoms with van der Waals surface area (Å²) >= 11 is 0. The molecule has 7 nitrogen and oxygen atoms in total. The maximum Gasteiger partial charge on any atom is 0.276 e. The second kappa shape index (κ2) is 13.3. The zero-order valence-corrected chi connectivity index (χ0v) is 25.6. The Hall–Kier alpha value is -3.04. The van der Waals surface area contributed by atoms with Gasteiger partial charge < -0.3 is 24.6 Å². The molecule has 8 bridgehead atoms. The Morgan fingerprint density at radius 1 is 0.860 bits per heavy atom. The Labute approximate surface area is 253 Å². The van der Waals surface area contributed by atoms with E-state index in [1.165, 1.54) is 0 Å². The van der Waals surface area contributed by atoms with Gasteiger partial charge in [0.05, 0.1) is 37.2 Å². The summed E-state index contributed by atoms with van der Waals surface area (Å²) in [6, 6.07) is 10.9. The lowest BCUT2D eigenvalue weighted by Crippen LogP contribution is -2.40. The number of aryl methyl sites for hydroxylation is 1. The van der Waals surface area contributed by atoms with Crippen molar-refractivity contribution in [1.82, 2.24) is 15.1 Å². The van der Waals surface area contributed by atoms with Gasteiger partial charge in [-0.3, -0.25) is 0 Å². The maximum absolute atomic E-state index is 15.9. The fourth-order valence-corrected chi connectivity index (χ4v) is 6.78. The second-order valence-corrected chi connectivity index (χ2v) is 12.4. The number of anilines is 2. The molecule has 6 aliphatic heterocycles. The normalized spacial score (nSPS) is 25.4. The van der Waals surface area contributed by atoms with E-state index >= 15 is 8.78 Å². The van der Waals surface area contributed by atoms with Crippen molar-refractivity contribution >= 4 is 22.3 Å². The van der Waals surface area contributed by atoms with Crippen LogP contribution in [-0.4, -0.2) is 67.6 Å². The van der Waals surface area contributed by atoms with E-state index in [9.17, 15) is 0 Å². The molecular weight excluding hydrogens is 548 g/mol. The lowest BCUT2D eigenvalue weighted by molar-refractivity contribution is -0.0855. The highest BCUT2D eigenvalue weighted by atomic mass is 19.3. The van der Waals surface area contributed by atoms with Gasteiger partial charge in [-0.25, -0.2) is 8.78 Å². The van der Waals surface area contributed by atoms with Crippen LogP contribution in [0.4, 0.5) is 20.3 Å². The smallest absolute Gasteiger partial charge is 0.276 e. The molecule has 43 heavy (non-hydrogen) atoms. The molecule has 1 aromatic heterocycles. The fraction of sp³-hybridized carbons (Fsp3) is 0.588. The van der Waals surface area contributed by atoms with E-state index < -0.39 is 11.8 Å². The van der Waals surface area contributed by atoms with Crippen LogP contribution in [0.25, 0.3) is 10.8 Å². The van der Waals surface area contributed by atoms with Crippen LogP contribution in [0.2, 0.25) is 0 Å². The summed E-state index contributed by atoms with van der Waals surface area (Å²) in [6.45, 7) is 10.0. The predicted octanol–water partition coefficient (Wildman–Crippen LogP) is 7.09. The van der Waals surface area contributed by atoms with Crippen LogP contribution in [0.3, 0.4) is 0 Å². The first kappa shape index (κ1) is 30.0. The molecule has 0 saturated carbocycles. The Bertz CT molecular complexity index is 1390. The first-order chi connectivity index (χ1) is 20.9. The SMILES string of the molecule is Cc1nnc2c3cc(N4CCOCC4)c(cc13)OCCCCCCCN1CCC(CC1)C(F)(F)c1cccc(c1)[C@H](C)N2. The Balaban J connectivity index is 1.35. The monoisotopic (exact) mass is 593 g/mol. The Kier molecular flexibility index (Phi) is 9.28. The van der Waals surface area contributed by atoms with Crippen LogP contribution in [0.1, 0.15) is 74.7 Å². The van der Waals surface area contributed by atoms with Gasteiger partial charge >= 0.3 is 0 Å². The van der Waals surface area contributed by atoms with Gasteiger partial charge in [0.2, 0.25) is 0 Å². The number of aromatic nitrogens is 2. The molecule has 1 N–H and O–H groups in total. The van der Waals surface area contributed by atoms with E-state index in [0.29, 0.717) is 38.5 Å². The molecular formula is C34H45F2N5O2. The van der Waals surface area contributed by atoms with Gasteiger partial charge in [-0.2, -0.15) is 5.10 Å². The molecule has 9 rings (SSSR count). The minimum absolute atomic E-state index is 0.103. The van der Waals surface area contributed by atoms with Crippen molar-refractivity contribution < 1.29 is 18.3 Å². The summed E-state index contributed by atoms with van der Waals surface area (Å²) in [4.78, 5) is 4.69. The Morgan fingerprint density at radius 2 is 1.63 bits per heavy atom. The van der Waals surface area contributed by atoms with Crippen LogP contribution >= 0.6 is 0 Å². The summed E-state index contributed by atoms with van der Waals surface area (Å²) in [6.07, 6.45) is 6.60. The number of rotatable bonds is 1. The molecule has 2 saturated heterocycles. The number of ether oxygens (including phenoxy) is 2. The lowest BCUT2D eigenvalue weighted by Gasteiger charge is -2.36. The number of alkyl halides is 2. The molecule has 9 heteroatoms. The summed E-state index contributed by atoms with van der Waals surface area (Å²) < 4.78 is 43.8. The summed E-state index contributed by atoms with van der Waals surface area (Å²) in [5.41, 5.74) is 2.76. The van der Waals surface area contributed by atoms with Gasteiger partial charge in [-0.05, 0) is 82.9 Å². The molecule has 2 aromatic carbocycles. The fourth-order valence-electron chi connectivity index (χ4n) is 6.78. The molecule has 232 valence electrons. The zero-order valence-electron chi connectivity index (χ0n) is 25.6. The number of morpholine rings is 1. The number of nitrogens with one attached hydrogen (secondary N) is 1. The number of benzene rings is 2. The van der Waals surface area contributed by atoms with Gasteiger partial charge in [-0.1, -0.05) is 37.5 Å².